The number of carbonyl (C=O) groups is 2. The molecule has 1 aromatic carbocycles. The number of rotatable bonds is 6. The summed E-state index contributed by atoms with van der Waals surface area (Å²) in [7, 11) is 1.45. The first kappa shape index (κ1) is 19.7. The highest BCUT2D eigenvalue weighted by Gasteiger charge is 2.53. The number of hydrogen-bond acceptors (Lipinski definition) is 3. The van der Waals surface area contributed by atoms with Gasteiger partial charge in [-0.1, -0.05) is 51.5 Å². The van der Waals surface area contributed by atoms with Gasteiger partial charge in [-0.05, 0) is 55.6 Å². The lowest BCUT2D eigenvalue weighted by Gasteiger charge is -2.48. The second-order valence-electron chi connectivity index (χ2n) is 8.38. The van der Waals surface area contributed by atoms with Crippen LogP contribution in [0.1, 0.15) is 70.4 Å². The Morgan fingerprint density at radius 2 is 2.04 bits per heavy atom. The fraction of sp³-hybridized carbons (Fsp3) is 0.636. The van der Waals surface area contributed by atoms with E-state index in [1.807, 2.05) is 13.8 Å². The van der Waals surface area contributed by atoms with Crippen LogP contribution in [0.5, 0.6) is 0 Å². The summed E-state index contributed by atoms with van der Waals surface area (Å²) in [5, 5.41) is 0. The van der Waals surface area contributed by atoms with Gasteiger partial charge < -0.3 is 9.53 Å². The first-order valence-corrected chi connectivity index (χ1v) is 9.40. The Balaban J connectivity index is 2.26. The number of esters is 1. The molecule has 3 atom stereocenters. The summed E-state index contributed by atoms with van der Waals surface area (Å²) in [6.07, 6.45) is 5.30. The number of carbonyl (C=O) groups excluding carboxylic acids is 2. The molecule has 3 nitrogen and oxygen atoms in total. The summed E-state index contributed by atoms with van der Waals surface area (Å²) >= 11 is 0. The second-order valence-corrected chi connectivity index (χ2v) is 8.38. The standard InChI is InChI=1S/C22H32O3/c1-16(2)18-9-6-8-17(14-18)10-11-19-21(3,15-23)12-7-13-22(19,4)20(24)25-5/h6,8-9,14-16,19H,7,10-13H2,1-5H3/t19-,21-,22-/m1/s1. The van der Waals surface area contributed by atoms with Crippen LogP contribution in [0.15, 0.2) is 24.3 Å². The molecule has 0 amide bonds. The number of methoxy groups -OCH3 is 1. The van der Waals surface area contributed by atoms with Gasteiger partial charge in [0.15, 0.2) is 0 Å². The monoisotopic (exact) mass is 344 g/mol. The predicted molar refractivity (Wildman–Crippen MR) is 100 cm³/mol. The Morgan fingerprint density at radius 3 is 2.64 bits per heavy atom. The van der Waals surface area contributed by atoms with Crippen LogP contribution in [0.4, 0.5) is 0 Å². The molecule has 0 unspecified atom stereocenters. The lowest BCUT2D eigenvalue weighted by Crippen LogP contribution is -2.49. The van der Waals surface area contributed by atoms with Crippen molar-refractivity contribution in [2.24, 2.45) is 16.7 Å². The molecule has 1 saturated carbocycles. The van der Waals surface area contributed by atoms with E-state index in [1.165, 1.54) is 18.2 Å². The Bertz CT molecular complexity index is 621. The van der Waals surface area contributed by atoms with Crippen LogP contribution < -0.4 is 0 Å². The van der Waals surface area contributed by atoms with Crippen LogP contribution >= 0.6 is 0 Å². The van der Waals surface area contributed by atoms with Crippen molar-refractivity contribution in [2.45, 2.75) is 65.7 Å². The molecule has 0 saturated heterocycles. The zero-order valence-corrected chi connectivity index (χ0v) is 16.3. The van der Waals surface area contributed by atoms with Crippen LogP contribution in [0.25, 0.3) is 0 Å². The number of ether oxygens (including phenoxy) is 1. The predicted octanol–water partition coefficient (Wildman–Crippen LogP) is 4.93. The summed E-state index contributed by atoms with van der Waals surface area (Å²) in [6, 6.07) is 8.65. The maximum Gasteiger partial charge on any atom is 0.311 e. The van der Waals surface area contributed by atoms with Gasteiger partial charge in [0.1, 0.15) is 6.29 Å². The molecular weight excluding hydrogens is 312 g/mol. The van der Waals surface area contributed by atoms with Crippen molar-refractivity contribution in [1.82, 2.24) is 0 Å². The second kappa shape index (κ2) is 7.72. The average Bonchev–Trinajstić information content (AvgIpc) is 2.60. The highest BCUT2D eigenvalue weighted by atomic mass is 16.5. The molecule has 1 aliphatic carbocycles. The highest BCUT2D eigenvalue weighted by Crippen LogP contribution is 2.52. The molecule has 0 N–H and O–H groups in total. The van der Waals surface area contributed by atoms with Crippen molar-refractivity contribution in [1.29, 1.82) is 0 Å². The molecule has 1 aliphatic rings. The number of hydrogen-bond donors (Lipinski definition) is 0. The highest BCUT2D eigenvalue weighted by molar-refractivity contribution is 5.78. The van der Waals surface area contributed by atoms with Crippen LogP contribution in [-0.2, 0) is 20.7 Å². The molecule has 3 heteroatoms. The Hall–Kier alpha value is -1.64. The zero-order valence-electron chi connectivity index (χ0n) is 16.3. The van der Waals surface area contributed by atoms with Gasteiger partial charge in [-0.2, -0.15) is 0 Å². The molecule has 138 valence electrons. The van der Waals surface area contributed by atoms with E-state index in [4.69, 9.17) is 4.74 Å². The van der Waals surface area contributed by atoms with Gasteiger partial charge in [0.25, 0.3) is 0 Å². The maximum atomic E-state index is 12.5. The van der Waals surface area contributed by atoms with Crippen LogP contribution in [0, 0.1) is 16.7 Å². The van der Waals surface area contributed by atoms with Crippen molar-refractivity contribution < 1.29 is 14.3 Å². The topological polar surface area (TPSA) is 43.4 Å². The van der Waals surface area contributed by atoms with E-state index in [-0.39, 0.29) is 11.9 Å². The third-order valence-electron chi connectivity index (χ3n) is 6.24. The molecule has 0 bridgehead atoms. The van der Waals surface area contributed by atoms with E-state index in [2.05, 4.69) is 38.1 Å². The van der Waals surface area contributed by atoms with E-state index in [0.717, 1.165) is 38.4 Å². The van der Waals surface area contributed by atoms with E-state index in [0.29, 0.717) is 5.92 Å². The minimum atomic E-state index is -0.585. The van der Waals surface area contributed by atoms with Crippen molar-refractivity contribution in [3.63, 3.8) is 0 Å². The Labute approximate surface area is 152 Å². The number of benzene rings is 1. The van der Waals surface area contributed by atoms with Crippen LogP contribution in [-0.4, -0.2) is 19.4 Å². The molecule has 0 radical (unpaired) electrons. The van der Waals surface area contributed by atoms with Gasteiger partial charge in [-0.15, -0.1) is 0 Å². The van der Waals surface area contributed by atoms with Crippen molar-refractivity contribution in [3.8, 4) is 0 Å². The molecule has 0 heterocycles. The van der Waals surface area contributed by atoms with Crippen molar-refractivity contribution >= 4 is 12.3 Å². The quantitative estimate of drug-likeness (QED) is 0.543. The largest absolute Gasteiger partial charge is 0.469 e. The summed E-state index contributed by atoms with van der Waals surface area (Å²) in [4.78, 5) is 24.4. The first-order chi connectivity index (χ1) is 11.8. The SMILES string of the molecule is COC(=O)[C@]1(C)CCC[C@](C)(C=O)[C@H]1CCc1cccc(C(C)C)c1. The summed E-state index contributed by atoms with van der Waals surface area (Å²) in [5.74, 6) is 0.317. The van der Waals surface area contributed by atoms with Crippen LogP contribution in [0.3, 0.4) is 0 Å². The van der Waals surface area contributed by atoms with E-state index < -0.39 is 10.8 Å². The fourth-order valence-corrected chi connectivity index (χ4v) is 4.60. The molecule has 0 aromatic heterocycles. The summed E-state index contributed by atoms with van der Waals surface area (Å²) < 4.78 is 5.11. The van der Waals surface area contributed by atoms with Gasteiger partial charge in [0, 0.05) is 5.41 Å². The van der Waals surface area contributed by atoms with Gasteiger partial charge in [0.05, 0.1) is 12.5 Å². The minimum Gasteiger partial charge on any atom is -0.469 e. The van der Waals surface area contributed by atoms with Gasteiger partial charge in [0.2, 0.25) is 0 Å². The normalized spacial score (nSPS) is 29.4. The average molecular weight is 344 g/mol. The lowest BCUT2D eigenvalue weighted by molar-refractivity contribution is -0.164. The molecule has 1 fully saturated rings. The fourth-order valence-electron chi connectivity index (χ4n) is 4.60. The Morgan fingerprint density at radius 1 is 1.32 bits per heavy atom. The molecule has 1 aromatic rings. The maximum absolute atomic E-state index is 12.5. The summed E-state index contributed by atoms with van der Waals surface area (Å²) in [6.45, 7) is 8.38. The van der Waals surface area contributed by atoms with E-state index >= 15 is 0 Å². The van der Waals surface area contributed by atoms with Gasteiger partial charge >= 0.3 is 5.97 Å². The molecule has 25 heavy (non-hydrogen) atoms. The first-order valence-electron chi connectivity index (χ1n) is 9.40. The Kier molecular flexibility index (Phi) is 6.08. The molecular formula is C22H32O3. The number of aldehydes is 1. The smallest absolute Gasteiger partial charge is 0.311 e. The molecule has 0 spiro atoms. The summed E-state index contributed by atoms with van der Waals surface area (Å²) in [5.41, 5.74) is 1.56. The van der Waals surface area contributed by atoms with E-state index in [1.54, 1.807) is 0 Å². The molecule has 0 aliphatic heterocycles. The third kappa shape index (κ3) is 3.96. The lowest BCUT2D eigenvalue weighted by atomic mass is 9.55. The zero-order chi connectivity index (χ0) is 18.7. The third-order valence-corrected chi connectivity index (χ3v) is 6.24. The minimum absolute atomic E-state index is 0.00130. The van der Waals surface area contributed by atoms with E-state index in [9.17, 15) is 9.59 Å². The van der Waals surface area contributed by atoms with Gasteiger partial charge in [-0.3, -0.25) is 4.79 Å². The van der Waals surface area contributed by atoms with Gasteiger partial charge in [-0.25, -0.2) is 0 Å². The van der Waals surface area contributed by atoms with Crippen molar-refractivity contribution in [3.05, 3.63) is 35.4 Å². The van der Waals surface area contributed by atoms with Crippen LogP contribution in [0.2, 0.25) is 0 Å². The number of aryl methyl sites for hydroxylation is 1. The van der Waals surface area contributed by atoms with Crippen molar-refractivity contribution in [2.75, 3.05) is 7.11 Å². The molecule has 2 rings (SSSR count).